The molecule has 3 rings (SSSR count). The van der Waals surface area contributed by atoms with Crippen molar-refractivity contribution in [1.82, 2.24) is 10.2 Å². The molecule has 2 aliphatic rings. The van der Waals surface area contributed by atoms with Crippen molar-refractivity contribution < 1.29 is 9.59 Å². The zero-order valence-electron chi connectivity index (χ0n) is 17.8. The maximum atomic E-state index is 12.6. The summed E-state index contributed by atoms with van der Waals surface area (Å²) in [7, 11) is 0. The van der Waals surface area contributed by atoms with Gasteiger partial charge in [0.1, 0.15) is 0 Å². The molecule has 0 radical (unpaired) electrons. The second-order valence-electron chi connectivity index (χ2n) is 7.89. The third-order valence-corrected chi connectivity index (χ3v) is 5.64. The Morgan fingerprint density at radius 1 is 1.27 bits per heavy atom. The minimum atomic E-state index is -0.235. The van der Waals surface area contributed by atoms with Gasteiger partial charge in [0.05, 0.1) is 0 Å². The van der Waals surface area contributed by atoms with Crippen LogP contribution in [0.5, 0.6) is 0 Å². The van der Waals surface area contributed by atoms with Gasteiger partial charge in [0, 0.05) is 51.3 Å². The fraction of sp³-hybridized carbons (Fsp3) is 0.591. The van der Waals surface area contributed by atoms with Gasteiger partial charge in [-0.15, -0.1) is 24.0 Å². The first-order chi connectivity index (χ1) is 14.1. The number of hydrogen-bond donors (Lipinski definition) is 2. The number of anilines is 1. The number of carbonyl (C=O) groups is 2. The number of nitrogens with two attached hydrogens (primary N) is 1. The maximum absolute atomic E-state index is 12.6. The summed E-state index contributed by atoms with van der Waals surface area (Å²) in [5.41, 5.74) is 7.68. The first-order valence-corrected chi connectivity index (χ1v) is 10.8. The van der Waals surface area contributed by atoms with Gasteiger partial charge in [-0.2, -0.15) is 0 Å². The van der Waals surface area contributed by atoms with Crippen molar-refractivity contribution in [3.8, 4) is 0 Å². The molecular weight excluding hydrogens is 493 g/mol. The number of likely N-dealkylation sites (tertiary alicyclic amines) is 1. The Labute approximate surface area is 196 Å². The smallest absolute Gasteiger partial charge is 0.227 e. The molecule has 1 aromatic carbocycles. The third-order valence-electron chi connectivity index (χ3n) is 5.64. The number of hydrogen-bond acceptors (Lipinski definition) is 3. The summed E-state index contributed by atoms with van der Waals surface area (Å²) in [6, 6.07) is 8.14. The number of rotatable bonds is 7. The van der Waals surface area contributed by atoms with Crippen LogP contribution >= 0.6 is 24.0 Å². The first-order valence-electron chi connectivity index (χ1n) is 10.8. The Bertz CT molecular complexity index is 755. The van der Waals surface area contributed by atoms with Gasteiger partial charge in [-0.1, -0.05) is 18.2 Å². The minimum absolute atomic E-state index is 0. The number of aliphatic imine (C=N–C) groups is 1. The van der Waals surface area contributed by atoms with Gasteiger partial charge in [0.15, 0.2) is 5.96 Å². The van der Waals surface area contributed by atoms with Crippen LogP contribution < -0.4 is 16.0 Å². The highest BCUT2D eigenvalue weighted by atomic mass is 127. The van der Waals surface area contributed by atoms with E-state index in [0.717, 1.165) is 63.5 Å². The maximum Gasteiger partial charge on any atom is 0.227 e. The zero-order chi connectivity index (χ0) is 20.6. The molecule has 0 spiro atoms. The van der Waals surface area contributed by atoms with E-state index in [1.54, 1.807) is 0 Å². The lowest BCUT2D eigenvalue weighted by Crippen LogP contribution is -2.47. The number of nitrogens with zero attached hydrogens (tertiary/aromatic N) is 3. The van der Waals surface area contributed by atoms with Crippen molar-refractivity contribution in [3.05, 3.63) is 29.8 Å². The number of nitrogens with one attached hydrogen (secondary N) is 1. The topological polar surface area (TPSA) is 91.0 Å². The summed E-state index contributed by atoms with van der Waals surface area (Å²) in [5.74, 6) is 1.11. The van der Waals surface area contributed by atoms with Crippen LogP contribution in [0, 0.1) is 5.92 Å². The first kappa shape index (κ1) is 24.4. The molecule has 0 aromatic heterocycles. The van der Waals surface area contributed by atoms with E-state index < -0.39 is 0 Å². The monoisotopic (exact) mass is 527 g/mol. The summed E-state index contributed by atoms with van der Waals surface area (Å²) < 4.78 is 0. The molecule has 3 N–H and O–H groups in total. The number of guanidine groups is 1. The van der Waals surface area contributed by atoms with E-state index in [4.69, 9.17) is 10.7 Å². The highest BCUT2D eigenvalue weighted by Gasteiger charge is 2.25. The molecule has 0 aliphatic carbocycles. The molecular formula is C22H34IN5O2. The summed E-state index contributed by atoms with van der Waals surface area (Å²) in [6.07, 6.45) is 4.67. The second kappa shape index (κ2) is 12.1. The largest absolute Gasteiger partial charge is 0.370 e. The average molecular weight is 527 g/mol. The van der Waals surface area contributed by atoms with Crippen LogP contribution in [0.15, 0.2) is 29.3 Å². The Morgan fingerprint density at radius 2 is 2.07 bits per heavy atom. The van der Waals surface area contributed by atoms with Crippen molar-refractivity contribution in [2.45, 2.75) is 45.4 Å². The SMILES string of the molecule is CCNC(=NCCCC(=O)N1CCc2ccccc21)N1CCCC(CC(N)=O)C1.I. The molecule has 1 aromatic rings. The van der Waals surface area contributed by atoms with Crippen LogP contribution in [0.1, 0.15) is 44.6 Å². The van der Waals surface area contributed by atoms with Gasteiger partial charge in [-0.3, -0.25) is 14.6 Å². The van der Waals surface area contributed by atoms with E-state index in [1.807, 2.05) is 23.1 Å². The molecule has 166 valence electrons. The molecule has 0 bridgehead atoms. The lowest BCUT2D eigenvalue weighted by molar-refractivity contribution is -0.119. The molecule has 1 saturated heterocycles. The van der Waals surface area contributed by atoms with Crippen molar-refractivity contribution in [1.29, 1.82) is 0 Å². The molecule has 2 aliphatic heterocycles. The highest BCUT2D eigenvalue weighted by molar-refractivity contribution is 14.0. The molecule has 30 heavy (non-hydrogen) atoms. The molecule has 1 unspecified atom stereocenters. The van der Waals surface area contributed by atoms with Gasteiger partial charge in [-0.05, 0) is 50.2 Å². The van der Waals surface area contributed by atoms with E-state index in [0.29, 0.717) is 25.3 Å². The zero-order valence-corrected chi connectivity index (χ0v) is 20.1. The molecule has 0 saturated carbocycles. The van der Waals surface area contributed by atoms with E-state index >= 15 is 0 Å². The number of benzene rings is 1. The number of para-hydroxylation sites is 1. The normalized spacial score (nSPS) is 18.6. The number of fused-ring (bicyclic) bond motifs is 1. The predicted octanol–water partition coefficient (Wildman–Crippen LogP) is 2.53. The van der Waals surface area contributed by atoms with Gasteiger partial charge >= 0.3 is 0 Å². The minimum Gasteiger partial charge on any atom is -0.370 e. The number of piperidine rings is 1. The van der Waals surface area contributed by atoms with E-state index in [2.05, 4.69) is 23.2 Å². The quantitative estimate of drug-likeness (QED) is 0.247. The fourth-order valence-electron chi connectivity index (χ4n) is 4.28. The Kier molecular flexibility index (Phi) is 9.87. The Hall–Kier alpha value is -1.84. The summed E-state index contributed by atoms with van der Waals surface area (Å²) in [4.78, 5) is 32.8. The van der Waals surface area contributed by atoms with Gasteiger partial charge in [-0.25, -0.2) is 0 Å². The van der Waals surface area contributed by atoms with Gasteiger partial charge in [0.25, 0.3) is 0 Å². The third kappa shape index (κ3) is 6.58. The van der Waals surface area contributed by atoms with Crippen LogP contribution in [0.3, 0.4) is 0 Å². The van der Waals surface area contributed by atoms with Crippen LogP contribution in [-0.2, 0) is 16.0 Å². The van der Waals surface area contributed by atoms with Crippen molar-refractivity contribution >= 4 is 47.4 Å². The number of primary amides is 1. The van der Waals surface area contributed by atoms with Crippen molar-refractivity contribution in [2.75, 3.05) is 37.6 Å². The Morgan fingerprint density at radius 3 is 2.83 bits per heavy atom. The molecule has 2 heterocycles. The lowest BCUT2D eigenvalue weighted by Gasteiger charge is -2.34. The van der Waals surface area contributed by atoms with Crippen molar-refractivity contribution in [2.24, 2.45) is 16.6 Å². The van der Waals surface area contributed by atoms with Gasteiger partial charge in [0.2, 0.25) is 11.8 Å². The molecule has 8 heteroatoms. The number of carbonyl (C=O) groups excluding carboxylic acids is 2. The van der Waals surface area contributed by atoms with Crippen LogP contribution in [0.4, 0.5) is 5.69 Å². The fourth-order valence-corrected chi connectivity index (χ4v) is 4.28. The second-order valence-corrected chi connectivity index (χ2v) is 7.89. The molecule has 2 amide bonds. The van der Waals surface area contributed by atoms with E-state index in [9.17, 15) is 9.59 Å². The Balaban J connectivity index is 0.00000320. The van der Waals surface area contributed by atoms with E-state index in [-0.39, 0.29) is 35.8 Å². The molecule has 1 fully saturated rings. The summed E-state index contributed by atoms with van der Waals surface area (Å²) in [6.45, 7) is 5.97. The standard InChI is InChI=1S/C22H33N5O2.HI/c1-2-24-22(26-13-6-7-17(16-26)15-20(23)28)25-12-5-10-21(29)27-14-11-18-8-3-4-9-19(18)27;/h3-4,8-9,17H,2,5-7,10-16H2,1H3,(H2,23,28)(H,24,25);1H. The van der Waals surface area contributed by atoms with Crippen molar-refractivity contribution in [3.63, 3.8) is 0 Å². The highest BCUT2D eigenvalue weighted by Crippen LogP contribution is 2.28. The average Bonchev–Trinajstić information content (AvgIpc) is 3.14. The van der Waals surface area contributed by atoms with Gasteiger partial charge < -0.3 is 20.9 Å². The number of halogens is 1. The predicted molar refractivity (Wildman–Crippen MR) is 131 cm³/mol. The lowest BCUT2D eigenvalue weighted by atomic mass is 9.95. The van der Waals surface area contributed by atoms with Crippen LogP contribution in [-0.4, -0.2) is 55.4 Å². The summed E-state index contributed by atoms with van der Waals surface area (Å²) >= 11 is 0. The molecule has 1 atom stereocenters. The van der Waals surface area contributed by atoms with Crippen LogP contribution in [0.2, 0.25) is 0 Å². The van der Waals surface area contributed by atoms with Crippen LogP contribution in [0.25, 0.3) is 0 Å². The molecule has 7 nitrogen and oxygen atoms in total. The van der Waals surface area contributed by atoms with E-state index in [1.165, 1.54) is 5.56 Å². The summed E-state index contributed by atoms with van der Waals surface area (Å²) in [5, 5.41) is 3.35. The number of amides is 2.